The third-order valence-corrected chi connectivity index (χ3v) is 2.11. The molecule has 0 amide bonds. The molecule has 1 aliphatic heterocycles. The predicted octanol–water partition coefficient (Wildman–Crippen LogP) is 0.591. The molecule has 68 valence electrons. The van der Waals surface area contributed by atoms with Crippen molar-refractivity contribution < 1.29 is 9.53 Å². The molecule has 1 aliphatic rings. The first-order valence-corrected chi connectivity index (χ1v) is 4.09. The van der Waals surface area contributed by atoms with E-state index < -0.39 is 0 Å². The number of hydrogen-bond donors (Lipinski definition) is 1. The number of aromatic nitrogens is 1. The van der Waals surface area contributed by atoms with Crippen LogP contribution in [0, 0.1) is 0 Å². The molecule has 0 fully saturated rings. The molecule has 0 saturated heterocycles. The molecule has 1 unspecified atom stereocenters. The van der Waals surface area contributed by atoms with Gasteiger partial charge >= 0.3 is 5.97 Å². The Morgan fingerprint density at radius 3 is 3.31 bits per heavy atom. The number of hydrogen-bond acceptors (Lipinski definition) is 4. The third-order valence-electron chi connectivity index (χ3n) is 2.11. The van der Waals surface area contributed by atoms with Gasteiger partial charge in [-0.05, 0) is 11.6 Å². The summed E-state index contributed by atoms with van der Waals surface area (Å²) >= 11 is 0. The number of nitrogens with one attached hydrogen (secondary N) is 1. The molecule has 2 rings (SSSR count). The first kappa shape index (κ1) is 8.04. The summed E-state index contributed by atoms with van der Waals surface area (Å²) in [6, 6.07) is 3.55. The highest BCUT2D eigenvalue weighted by atomic mass is 16.5. The minimum atomic E-state index is -0.269. The Morgan fingerprint density at radius 2 is 2.62 bits per heavy atom. The van der Waals surface area contributed by atoms with Gasteiger partial charge < -0.3 is 10.1 Å². The average molecular weight is 178 g/mol. The van der Waals surface area contributed by atoms with Crippen LogP contribution in [0.4, 0.5) is 5.82 Å². The zero-order valence-corrected chi connectivity index (χ0v) is 7.28. The lowest BCUT2D eigenvalue weighted by atomic mass is 10.1. The van der Waals surface area contributed by atoms with Gasteiger partial charge in [0.15, 0.2) is 0 Å². The first-order chi connectivity index (χ1) is 6.31. The van der Waals surface area contributed by atoms with Crippen LogP contribution in [0.5, 0.6) is 0 Å². The standard InChI is InChI=1S/C9H10N2O2/c1-13-9(12)7-5-6-3-2-4-10-8(6)11-7/h2-4,7H,5H2,1H3,(H,10,11). The third kappa shape index (κ3) is 1.35. The van der Waals surface area contributed by atoms with Gasteiger partial charge in [-0.15, -0.1) is 0 Å². The van der Waals surface area contributed by atoms with E-state index in [9.17, 15) is 4.79 Å². The topological polar surface area (TPSA) is 51.2 Å². The highest BCUT2D eigenvalue weighted by molar-refractivity contribution is 5.81. The quantitative estimate of drug-likeness (QED) is 0.639. The number of carbonyl (C=O) groups is 1. The fourth-order valence-electron chi connectivity index (χ4n) is 1.45. The van der Waals surface area contributed by atoms with Crippen LogP contribution in [-0.4, -0.2) is 24.1 Å². The summed E-state index contributed by atoms with van der Waals surface area (Å²) in [5.41, 5.74) is 1.07. The summed E-state index contributed by atoms with van der Waals surface area (Å²) in [4.78, 5) is 15.3. The average Bonchev–Trinajstić information content (AvgIpc) is 2.59. The largest absolute Gasteiger partial charge is 0.467 e. The summed E-state index contributed by atoms with van der Waals surface area (Å²) in [6.45, 7) is 0. The molecule has 1 atom stereocenters. The van der Waals surface area contributed by atoms with Crippen LogP contribution in [0.2, 0.25) is 0 Å². The van der Waals surface area contributed by atoms with Crippen molar-refractivity contribution in [3.63, 3.8) is 0 Å². The van der Waals surface area contributed by atoms with E-state index in [1.807, 2.05) is 12.1 Å². The molecule has 4 heteroatoms. The van der Waals surface area contributed by atoms with Crippen LogP contribution in [0.3, 0.4) is 0 Å². The molecule has 0 spiro atoms. The maximum Gasteiger partial charge on any atom is 0.328 e. The van der Waals surface area contributed by atoms with Gasteiger partial charge in [0.05, 0.1) is 7.11 Å². The van der Waals surface area contributed by atoms with Gasteiger partial charge in [0.25, 0.3) is 0 Å². The number of nitrogens with zero attached hydrogens (tertiary/aromatic N) is 1. The van der Waals surface area contributed by atoms with Crippen molar-refractivity contribution >= 4 is 11.8 Å². The molecule has 0 bridgehead atoms. The van der Waals surface area contributed by atoms with E-state index in [-0.39, 0.29) is 12.0 Å². The Hall–Kier alpha value is -1.58. The van der Waals surface area contributed by atoms with Crippen molar-refractivity contribution in [1.29, 1.82) is 0 Å². The van der Waals surface area contributed by atoms with Crippen molar-refractivity contribution in [3.05, 3.63) is 23.9 Å². The van der Waals surface area contributed by atoms with Gasteiger partial charge in [0.1, 0.15) is 11.9 Å². The zero-order chi connectivity index (χ0) is 9.26. The maximum atomic E-state index is 11.2. The van der Waals surface area contributed by atoms with Crippen molar-refractivity contribution in [2.45, 2.75) is 12.5 Å². The van der Waals surface area contributed by atoms with Gasteiger partial charge in [0, 0.05) is 12.6 Å². The summed E-state index contributed by atoms with van der Waals surface area (Å²) in [7, 11) is 1.39. The van der Waals surface area contributed by atoms with E-state index in [2.05, 4.69) is 15.0 Å². The van der Waals surface area contributed by atoms with Crippen LogP contribution in [0.1, 0.15) is 5.56 Å². The molecular weight excluding hydrogens is 168 g/mol. The van der Waals surface area contributed by atoms with Gasteiger partial charge in [-0.3, -0.25) is 0 Å². The monoisotopic (exact) mass is 178 g/mol. The van der Waals surface area contributed by atoms with Gasteiger partial charge in [0.2, 0.25) is 0 Å². The minimum Gasteiger partial charge on any atom is -0.467 e. The van der Waals surface area contributed by atoms with Crippen LogP contribution >= 0.6 is 0 Å². The molecule has 1 N–H and O–H groups in total. The highest BCUT2D eigenvalue weighted by Crippen LogP contribution is 2.22. The van der Waals surface area contributed by atoms with Crippen LogP contribution in [-0.2, 0) is 16.0 Å². The minimum absolute atomic E-state index is 0.238. The molecule has 1 aromatic rings. The van der Waals surface area contributed by atoms with Crippen molar-refractivity contribution in [2.75, 3.05) is 12.4 Å². The molecule has 4 nitrogen and oxygen atoms in total. The summed E-state index contributed by atoms with van der Waals surface area (Å²) in [6.07, 6.45) is 2.36. The normalized spacial score (nSPS) is 19.0. The predicted molar refractivity (Wildman–Crippen MR) is 47.4 cm³/mol. The number of pyridine rings is 1. The molecule has 0 aliphatic carbocycles. The summed E-state index contributed by atoms with van der Waals surface area (Å²) in [5.74, 6) is 0.552. The highest BCUT2D eigenvalue weighted by Gasteiger charge is 2.27. The number of methoxy groups -OCH3 is 1. The maximum absolute atomic E-state index is 11.2. The zero-order valence-electron chi connectivity index (χ0n) is 7.28. The Kier molecular flexibility index (Phi) is 1.88. The van der Waals surface area contributed by atoms with Gasteiger partial charge in [-0.2, -0.15) is 0 Å². The number of ether oxygens (including phenoxy) is 1. The fourth-order valence-corrected chi connectivity index (χ4v) is 1.45. The summed E-state index contributed by atoms with van der Waals surface area (Å²) in [5, 5.41) is 3.00. The second kappa shape index (κ2) is 3.05. The van der Waals surface area contributed by atoms with E-state index in [0.717, 1.165) is 11.4 Å². The number of esters is 1. The van der Waals surface area contributed by atoms with Crippen LogP contribution in [0.15, 0.2) is 18.3 Å². The first-order valence-electron chi connectivity index (χ1n) is 4.09. The SMILES string of the molecule is COC(=O)C1Cc2cccnc2N1. The lowest BCUT2D eigenvalue weighted by molar-refractivity contribution is -0.141. The van der Waals surface area contributed by atoms with Crippen molar-refractivity contribution in [3.8, 4) is 0 Å². The van der Waals surface area contributed by atoms with E-state index >= 15 is 0 Å². The number of anilines is 1. The van der Waals surface area contributed by atoms with E-state index in [4.69, 9.17) is 0 Å². The van der Waals surface area contributed by atoms with E-state index in [1.165, 1.54) is 7.11 Å². The molecule has 0 saturated carbocycles. The second-order valence-corrected chi connectivity index (χ2v) is 2.94. The Labute approximate surface area is 75.9 Å². The molecule has 2 heterocycles. The number of fused-ring (bicyclic) bond motifs is 1. The molecule has 13 heavy (non-hydrogen) atoms. The molecule has 1 aromatic heterocycles. The fraction of sp³-hybridized carbons (Fsp3) is 0.333. The van der Waals surface area contributed by atoms with Gasteiger partial charge in [-0.1, -0.05) is 6.07 Å². The van der Waals surface area contributed by atoms with E-state index in [0.29, 0.717) is 6.42 Å². The number of rotatable bonds is 1. The molecule has 0 radical (unpaired) electrons. The lowest BCUT2D eigenvalue weighted by Crippen LogP contribution is -2.28. The van der Waals surface area contributed by atoms with Crippen LogP contribution in [0.25, 0.3) is 0 Å². The van der Waals surface area contributed by atoms with Gasteiger partial charge in [-0.25, -0.2) is 9.78 Å². The second-order valence-electron chi connectivity index (χ2n) is 2.94. The smallest absolute Gasteiger partial charge is 0.328 e. The van der Waals surface area contributed by atoms with Crippen molar-refractivity contribution in [1.82, 2.24) is 4.98 Å². The molecular formula is C9H10N2O2. The van der Waals surface area contributed by atoms with E-state index in [1.54, 1.807) is 6.20 Å². The Morgan fingerprint density at radius 1 is 1.77 bits per heavy atom. The van der Waals surface area contributed by atoms with Crippen molar-refractivity contribution in [2.24, 2.45) is 0 Å². The lowest BCUT2D eigenvalue weighted by Gasteiger charge is -2.06. The van der Waals surface area contributed by atoms with Crippen LogP contribution < -0.4 is 5.32 Å². The Balaban J connectivity index is 2.18. The molecule has 0 aromatic carbocycles. The summed E-state index contributed by atoms with van der Waals surface area (Å²) < 4.78 is 4.64. The Bertz CT molecular complexity index is 313. The number of carbonyl (C=O) groups excluding carboxylic acids is 1.